The SMILES string of the molecule is CC1(CNC(=O)N[C@H]2CCC[C@H](C(N)=O)C2)Cc2ccccc2C1. The van der Waals surface area contributed by atoms with Gasteiger partial charge in [-0.05, 0) is 48.6 Å². The Hall–Kier alpha value is -2.04. The number of benzene rings is 1. The fraction of sp³-hybridized carbons (Fsp3) is 0.579. The molecule has 0 spiro atoms. The summed E-state index contributed by atoms with van der Waals surface area (Å²) in [7, 11) is 0. The predicted molar refractivity (Wildman–Crippen MR) is 93.4 cm³/mol. The van der Waals surface area contributed by atoms with Crippen LogP contribution in [0.5, 0.6) is 0 Å². The van der Waals surface area contributed by atoms with Crippen LogP contribution in [0.4, 0.5) is 4.79 Å². The average Bonchev–Trinajstić information content (AvgIpc) is 2.90. The molecule has 1 aromatic carbocycles. The second-order valence-corrected chi connectivity index (χ2v) is 7.72. The summed E-state index contributed by atoms with van der Waals surface area (Å²) in [6, 6.07) is 8.40. The number of carbonyl (C=O) groups is 2. The van der Waals surface area contributed by atoms with Crippen molar-refractivity contribution in [2.75, 3.05) is 6.54 Å². The van der Waals surface area contributed by atoms with Crippen LogP contribution in [0.15, 0.2) is 24.3 Å². The molecule has 130 valence electrons. The molecule has 0 aliphatic heterocycles. The van der Waals surface area contributed by atoms with E-state index in [-0.39, 0.29) is 29.3 Å². The molecule has 3 rings (SSSR count). The van der Waals surface area contributed by atoms with Gasteiger partial charge in [0.05, 0.1) is 0 Å². The van der Waals surface area contributed by atoms with Crippen LogP contribution >= 0.6 is 0 Å². The number of carbonyl (C=O) groups excluding carboxylic acids is 2. The van der Waals surface area contributed by atoms with Gasteiger partial charge in [0.15, 0.2) is 0 Å². The number of nitrogens with two attached hydrogens (primary N) is 1. The van der Waals surface area contributed by atoms with E-state index >= 15 is 0 Å². The zero-order valence-corrected chi connectivity index (χ0v) is 14.3. The molecule has 0 radical (unpaired) electrons. The van der Waals surface area contributed by atoms with Crippen LogP contribution < -0.4 is 16.4 Å². The van der Waals surface area contributed by atoms with Gasteiger partial charge in [-0.2, -0.15) is 0 Å². The second-order valence-electron chi connectivity index (χ2n) is 7.72. The summed E-state index contributed by atoms with van der Waals surface area (Å²) in [6.45, 7) is 2.87. The lowest BCUT2D eigenvalue weighted by molar-refractivity contribution is -0.122. The minimum absolute atomic E-state index is 0.0461. The summed E-state index contributed by atoms with van der Waals surface area (Å²) in [4.78, 5) is 23.6. The number of hydrogen-bond donors (Lipinski definition) is 3. The number of primary amides is 1. The minimum Gasteiger partial charge on any atom is -0.369 e. The van der Waals surface area contributed by atoms with Crippen molar-refractivity contribution in [2.24, 2.45) is 17.1 Å². The lowest BCUT2D eigenvalue weighted by Crippen LogP contribution is -2.48. The highest BCUT2D eigenvalue weighted by atomic mass is 16.2. The normalized spacial score (nSPS) is 24.9. The Kier molecular flexibility index (Phi) is 4.78. The monoisotopic (exact) mass is 329 g/mol. The first kappa shape index (κ1) is 16.8. The maximum atomic E-state index is 12.2. The largest absolute Gasteiger partial charge is 0.369 e. The Labute approximate surface area is 143 Å². The summed E-state index contributed by atoms with van der Waals surface area (Å²) < 4.78 is 0. The molecule has 0 unspecified atom stereocenters. The zero-order chi connectivity index (χ0) is 17.2. The van der Waals surface area contributed by atoms with Crippen LogP contribution in [-0.2, 0) is 17.6 Å². The molecule has 2 aliphatic rings. The van der Waals surface area contributed by atoms with Crippen LogP contribution in [0.3, 0.4) is 0 Å². The first-order valence-corrected chi connectivity index (χ1v) is 8.86. The number of urea groups is 1. The van der Waals surface area contributed by atoms with E-state index in [0.29, 0.717) is 13.0 Å². The number of nitrogens with one attached hydrogen (secondary N) is 2. The Bertz CT molecular complexity index is 604. The van der Waals surface area contributed by atoms with Gasteiger partial charge in [-0.25, -0.2) is 4.79 Å². The van der Waals surface area contributed by atoms with Gasteiger partial charge in [0.2, 0.25) is 5.91 Å². The van der Waals surface area contributed by atoms with Crippen molar-refractivity contribution in [2.45, 2.75) is 51.5 Å². The number of fused-ring (bicyclic) bond motifs is 1. The first-order chi connectivity index (χ1) is 11.5. The highest BCUT2D eigenvalue weighted by Gasteiger charge is 2.33. The molecule has 0 aromatic heterocycles. The van der Waals surface area contributed by atoms with Gasteiger partial charge in [-0.1, -0.05) is 37.6 Å². The van der Waals surface area contributed by atoms with Gasteiger partial charge in [-0.15, -0.1) is 0 Å². The molecule has 1 aromatic rings. The predicted octanol–water partition coefficient (Wildman–Crippen LogP) is 2.13. The molecule has 5 nitrogen and oxygen atoms in total. The van der Waals surface area contributed by atoms with E-state index in [4.69, 9.17) is 5.73 Å². The number of hydrogen-bond acceptors (Lipinski definition) is 2. The molecular weight excluding hydrogens is 302 g/mol. The quantitative estimate of drug-likeness (QED) is 0.790. The van der Waals surface area contributed by atoms with E-state index in [2.05, 4.69) is 41.8 Å². The van der Waals surface area contributed by atoms with E-state index < -0.39 is 0 Å². The van der Waals surface area contributed by atoms with Gasteiger partial charge in [0, 0.05) is 18.5 Å². The third kappa shape index (κ3) is 3.89. The standard InChI is InChI=1S/C19H27N3O2/c1-19(10-14-5-2-3-6-15(14)11-19)12-21-18(24)22-16-8-4-7-13(9-16)17(20)23/h2-3,5-6,13,16H,4,7-12H2,1H3,(H2,20,23)(H2,21,22,24)/t13-,16-/m0/s1. The van der Waals surface area contributed by atoms with Crippen molar-refractivity contribution in [3.05, 3.63) is 35.4 Å². The van der Waals surface area contributed by atoms with Gasteiger partial charge in [-0.3, -0.25) is 4.79 Å². The van der Waals surface area contributed by atoms with Crippen molar-refractivity contribution < 1.29 is 9.59 Å². The van der Waals surface area contributed by atoms with Crippen LogP contribution in [0, 0.1) is 11.3 Å². The van der Waals surface area contributed by atoms with Crippen molar-refractivity contribution >= 4 is 11.9 Å². The number of amides is 3. The lowest BCUT2D eigenvalue weighted by atomic mass is 9.85. The molecule has 24 heavy (non-hydrogen) atoms. The summed E-state index contributed by atoms with van der Waals surface area (Å²) >= 11 is 0. The summed E-state index contributed by atoms with van der Waals surface area (Å²) in [5.74, 6) is -0.357. The van der Waals surface area contributed by atoms with Crippen molar-refractivity contribution in [1.82, 2.24) is 10.6 Å². The van der Waals surface area contributed by atoms with E-state index in [1.807, 2.05) is 0 Å². The fourth-order valence-electron chi connectivity index (χ4n) is 4.12. The summed E-state index contributed by atoms with van der Waals surface area (Å²) in [5, 5.41) is 6.03. The second kappa shape index (κ2) is 6.83. The molecule has 4 N–H and O–H groups in total. The smallest absolute Gasteiger partial charge is 0.315 e. The maximum absolute atomic E-state index is 12.2. The van der Waals surface area contributed by atoms with Crippen LogP contribution in [0.1, 0.15) is 43.7 Å². The summed E-state index contributed by atoms with van der Waals surface area (Å²) in [5.41, 5.74) is 8.24. The highest BCUT2D eigenvalue weighted by molar-refractivity contribution is 5.77. The topological polar surface area (TPSA) is 84.2 Å². The van der Waals surface area contributed by atoms with Crippen molar-refractivity contribution in [1.29, 1.82) is 0 Å². The van der Waals surface area contributed by atoms with Gasteiger partial charge in [0.25, 0.3) is 0 Å². The lowest BCUT2D eigenvalue weighted by Gasteiger charge is -2.29. The van der Waals surface area contributed by atoms with E-state index in [1.165, 1.54) is 11.1 Å². The molecule has 3 amide bonds. The maximum Gasteiger partial charge on any atom is 0.315 e. The van der Waals surface area contributed by atoms with Crippen molar-refractivity contribution in [3.8, 4) is 0 Å². The Morgan fingerprint density at radius 1 is 1.21 bits per heavy atom. The molecule has 0 bridgehead atoms. The Morgan fingerprint density at radius 2 is 1.88 bits per heavy atom. The molecule has 5 heteroatoms. The third-order valence-corrected chi connectivity index (χ3v) is 5.44. The molecule has 2 atom stereocenters. The first-order valence-electron chi connectivity index (χ1n) is 8.86. The van der Waals surface area contributed by atoms with E-state index in [1.54, 1.807) is 0 Å². The number of rotatable bonds is 4. The van der Waals surface area contributed by atoms with E-state index in [9.17, 15) is 9.59 Å². The third-order valence-electron chi connectivity index (χ3n) is 5.44. The molecule has 0 saturated heterocycles. The summed E-state index contributed by atoms with van der Waals surface area (Å²) in [6.07, 6.45) is 5.34. The molecule has 2 aliphatic carbocycles. The van der Waals surface area contributed by atoms with E-state index in [0.717, 1.165) is 32.1 Å². The molecular formula is C19H27N3O2. The molecule has 1 saturated carbocycles. The zero-order valence-electron chi connectivity index (χ0n) is 14.3. The molecule has 1 fully saturated rings. The Balaban J connectivity index is 1.47. The molecule has 0 heterocycles. The Morgan fingerprint density at radius 3 is 2.50 bits per heavy atom. The van der Waals surface area contributed by atoms with Gasteiger partial charge >= 0.3 is 6.03 Å². The van der Waals surface area contributed by atoms with Crippen LogP contribution in [0.2, 0.25) is 0 Å². The van der Waals surface area contributed by atoms with Crippen LogP contribution in [0.25, 0.3) is 0 Å². The fourth-order valence-corrected chi connectivity index (χ4v) is 4.12. The average molecular weight is 329 g/mol. The van der Waals surface area contributed by atoms with Gasteiger partial charge in [0.1, 0.15) is 0 Å². The van der Waals surface area contributed by atoms with Gasteiger partial charge < -0.3 is 16.4 Å². The minimum atomic E-state index is -0.252. The highest BCUT2D eigenvalue weighted by Crippen LogP contribution is 2.35. The van der Waals surface area contributed by atoms with Crippen LogP contribution in [-0.4, -0.2) is 24.5 Å². The van der Waals surface area contributed by atoms with Crippen molar-refractivity contribution in [3.63, 3.8) is 0 Å².